The van der Waals surface area contributed by atoms with Crippen LogP contribution in [0.2, 0.25) is 0 Å². The molecule has 33 heavy (non-hydrogen) atoms. The van der Waals surface area contributed by atoms with Gasteiger partial charge in [-0.3, -0.25) is 4.90 Å². The summed E-state index contributed by atoms with van der Waals surface area (Å²) in [6.07, 6.45) is 9.41. The van der Waals surface area contributed by atoms with Gasteiger partial charge in [0.2, 0.25) is 0 Å². The zero-order valence-corrected chi connectivity index (χ0v) is 18.7. The molecule has 0 radical (unpaired) electrons. The van der Waals surface area contributed by atoms with Gasteiger partial charge in [0.15, 0.2) is 0 Å². The highest BCUT2D eigenvalue weighted by Crippen LogP contribution is 2.38. The monoisotopic (exact) mass is 449 g/mol. The van der Waals surface area contributed by atoms with Crippen LogP contribution in [0.15, 0.2) is 85.0 Å². The number of fused-ring (bicyclic) bond motifs is 2. The Morgan fingerprint density at radius 3 is 1.85 bits per heavy atom. The summed E-state index contributed by atoms with van der Waals surface area (Å²) in [5.41, 5.74) is 3.99. The molecule has 2 aromatic carbocycles. The fourth-order valence-corrected chi connectivity index (χ4v) is 4.66. The van der Waals surface area contributed by atoms with Crippen LogP contribution in [-0.2, 0) is 14.3 Å². The lowest BCUT2D eigenvalue weighted by molar-refractivity contribution is -0.159. The summed E-state index contributed by atoms with van der Waals surface area (Å²) in [4.78, 5) is 20.8. The van der Waals surface area contributed by atoms with Crippen molar-refractivity contribution in [3.8, 4) is 0 Å². The first-order valence-electron chi connectivity index (χ1n) is 11.2. The molecule has 0 spiro atoms. The van der Waals surface area contributed by atoms with E-state index in [1.807, 2.05) is 6.08 Å². The van der Waals surface area contributed by atoms with Gasteiger partial charge in [-0.2, -0.15) is 0 Å². The number of hydrogen-bond donors (Lipinski definition) is 2. The molecule has 2 N–H and O–H groups in total. The highest BCUT2D eigenvalue weighted by molar-refractivity contribution is 6.27. The Labute approximate surface area is 194 Å². The molecule has 6 heteroatoms. The van der Waals surface area contributed by atoms with Gasteiger partial charge in [0, 0.05) is 18.6 Å². The number of carboxylic acid groups (broad SMARTS) is 2. The summed E-state index contributed by atoms with van der Waals surface area (Å²) in [7, 11) is 0. The summed E-state index contributed by atoms with van der Waals surface area (Å²) in [5.74, 6) is -3.65. The Kier molecular flexibility index (Phi) is 8.98. The van der Waals surface area contributed by atoms with Crippen molar-refractivity contribution in [1.29, 1.82) is 0 Å². The molecule has 2 bridgehead atoms. The smallest absolute Gasteiger partial charge is 0.414 e. The van der Waals surface area contributed by atoms with Crippen molar-refractivity contribution in [2.45, 2.75) is 43.9 Å². The molecule has 2 heterocycles. The predicted molar refractivity (Wildman–Crippen MR) is 127 cm³/mol. The molecule has 0 saturated carbocycles. The zero-order chi connectivity index (χ0) is 23.6. The minimum Gasteiger partial charge on any atom is -0.473 e. The molecular weight excluding hydrogens is 418 g/mol. The van der Waals surface area contributed by atoms with E-state index in [1.165, 1.54) is 36.8 Å². The molecule has 2 aromatic rings. The summed E-state index contributed by atoms with van der Waals surface area (Å²) >= 11 is 0. The van der Waals surface area contributed by atoms with Gasteiger partial charge in [0.1, 0.15) is 6.10 Å². The minimum atomic E-state index is -1.82. The quantitative estimate of drug-likeness (QED) is 0.471. The van der Waals surface area contributed by atoms with Gasteiger partial charge in [-0.1, -0.05) is 78.4 Å². The van der Waals surface area contributed by atoms with E-state index in [-0.39, 0.29) is 6.10 Å². The number of benzene rings is 2. The van der Waals surface area contributed by atoms with Gasteiger partial charge in [-0.15, -0.1) is 6.58 Å². The van der Waals surface area contributed by atoms with Gasteiger partial charge in [-0.05, 0) is 36.8 Å². The number of aliphatic carboxylic acids is 2. The second-order valence-electron chi connectivity index (χ2n) is 8.29. The van der Waals surface area contributed by atoms with Crippen LogP contribution in [-0.4, -0.2) is 52.3 Å². The summed E-state index contributed by atoms with van der Waals surface area (Å²) in [6, 6.07) is 22.5. The molecule has 2 saturated heterocycles. The van der Waals surface area contributed by atoms with Crippen LogP contribution in [0.25, 0.3) is 0 Å². The number of carbonyl (C=O) groups is 2. The molecular formula is C27H31NO5. The standard InChI is InChI=1S/C25H29NO.C2H2O4/c1-2-16-26-23-13-14-24(26)19-20(18-23)15-17-27-25(21-9-5-3-6-10-21)22-11-7-4-8-12-22;3-1(4)2(5)6/h2-12,15,23-25H,1,13-14,16-19H2;(H,3,4)(H,5,6)/t23-,24+;. The van der Waals surface area contributed by atoms with E-state index in [2.05, 4.69) is 78.2 Å². The average Bonchev–Trinajstić information content (AvgIpc) is 3.06. The number of carboxylic acids is 2. The topological polar surface area (TPSA) is 87.1 Å². The van der Waals surface area contributed by atoms with Crippen LogP contribution >= 0.6 is 0 Å². The minimum absolute atomic E-state index is 0.0122. The van der Waals surface area contributed by atoms with E-state index >= 15 is 0 Å². The summed E-state index contributed by atoms with van der Waals surface area (Å²) < 4.78 is 6.38. The van der Waals surface area contributed by atoms with Crippen LogP contribution in [0, 0.1) is 0 Å². The second kappa shape index (κ2) is 12.1. The third-order valence-electron chi connectivity index (χ3n) is 6.13. The molecule has 0 aromatic heterocycles. The Balaban J connectivity index is 0.000000454. The normalized spacial score (nSPS) is 20.8. The van der Waals surface area contributed by atoms with E-state index in [0.717, 1.165) is 6.54 Å². The second-order valence-corrected chi connectivity index (χ2v) is 8.29. The van der Waals surface area contributed by atoms with Gasteiger partial charge in [0.25, 0.3) is 0 Å². The molecule has 4 rings (SSSR count). The lowest BCUT2D eigenvalue weighted by Crippen LogP contribution is -2.40. The van der Waals surface area contributed by atoms with Crippen LogP contribution in [0.1, 0.15) is 42.9 Å². The van der Waals surface area contributed by atoms with Crippen LogP contribution < -0.4 is 0 Å². The predicted octanol–water partition coefficient (Wildman–Crippen LogP) is 4.69. The number of rotatable bonds is 7. The first-order valence-corrected chi connectivity index (χ1v) is 11.2. The van der Waals surface area contributed by atoms with Crippen molar-refractivity contribution in [2.24, 2.45) is 0 Å². The van der Waals surface area contributed by atoms with Crippen molar-refractivity contribution in [3.05, 3.63) is 96.1 Å². The molecule has 2 fully saturated rings. The molecule has 0 amide bonds. The molecule has 0 unspecified atom stereocenters. The van der Waals surface area contributed by atoms with Crippen molar-refractivity contribution >= 4 is 11.9 Å². The number of piperidine rings is 1. The van der Waals surface area contributed by atoms with E-state index < -0.39 is 11.9 Å². The Hall–Kier alpha value is -3.22. The van der Waals surface area contributed by atoms with Crippen molar-refractivity contribution in [3.63, 3.8) is 0 Å². The Morgan fingerprint density at radius 1 is 0.939 bits per heavy atom. The van der Waals surface area contributed by atoms with Gasteiger partial charge < -0.3 is 14.9 Å². The first-order chi connectivity index (χ1) is 16.0. The first kappa shape index (κ1) is 24.4. The third-order valence-corrected chi connectivity index (χ3v) is 6.13. The SMILES string of the molecule is C=CCN1[C@@H]2CC[C@H]1CC(=CCOC(c1ccccc1)c1ccccc1)C2.O=C(O)C(=O)O. The summed E-state index contributed by atoms with van der Waals surface area (Å²) in [6.45, 7) is 5.62. The Morgan fingerprint density at radius 2 is 1.42 bits per heavy atom. The third kappa shape index (κ3) is 6.88. The fourth-order valence-electron chi connectivity index (χ4n) is 4.66. The molecule has 2 atom stereocenters. The largest absolute Gasteiger partial charge is 0.473 e. The van der Waals surface area contributed by atoms with E-state index in [9.17, 15) is 0 Å². The van der Waals surface area contributed by atoms with Crippen molar-refractivity contribution in [1.82, 2.24) is 4.90 Å². The van der Waals surface area contributed by atoms with E-state index in [0.29, 0.717) is 18.7 Å². The highest BCUT2D eigenvalue weighted by atomic mass is 16.5. The van der Waals surface area contributed by atoms with E-state index in [4.69, 9.17) is 24.5 Å². The lowest BCUT2D eigenvalue weighted by atomic mass is 9.96. The molecule has 174 valence electrons. The van der Waals surface area contributed by atoms with Gasteiger partial charge >= 0.3 is 11.9 Å². The zero-order valence-electron chi connectivity index (χ0n) is 18.7. The molecule has 6 nitrogen and oxygen atoms in total. The molecule has 0 aliphatic carbocycles. The van der Waals surface area contributed by atoms with Crippen LogP contribution in [0.3, 0.4) is 0 Å². The maximum Gasteiger partial charge on any atom is 0.414 e. The Bertz CT molecular complexity index is 889. The average molecular weight is 450 g/mol. The number of ether oxygens (including phenoxy) is 1. The highest BCUT2D eigenvalue weighted by Gasteiger charge is 2.37. The fraction of sp³-hybridized carbons (Fsp3) is 0.333. The van der Waals surface area contributed by atoms with Crippen LogP contribution in [0.5, 0.6) is 0 Å². The van der Waals surface area contributed by atoms with Gasteiger partial charge in [0.05, 0.1) is 6.61 Å². The van der Waals surface area contributed by atoms with Gasteiger partial charge in [-0.25, -0.2) is 9.59 Å². The van der Waals surface area contributed by atoms with E-state index in [1.54, 1.807) is 5.57 Å². The molecule has 2 aliphatic heterocycles. The summed E-state index contributed by atoms with van der Waals surface area (Å²) in [5, 5.41) is 14.8. The number of nitrogens with zero attached hydrogens (tertiary/aromatic N) is 1. The number of hydrogen-bond acceptors (Lipinski definition) is 4. The van der Waals surface area contributed by atoms with Crippen molar-refractivity contribution in [2.75, 3.05) is 13.2 Å². The van der Waals surface area contributed by atoms with Crippen molar-refractivity contribution < 1.29 is 24.5 Å². The maximum absolute atomic E-state index is 9.10. The maximum atomic E-state index is 9.10. The molecule has 2 aliphatic rings. The lowest BCUT2D eigenvalue weighted by Gasteiger charge is -2.35. The van der Waals surface area contributed by atoms with Crippen LogP contribution in [0.4, 0.5) is 0 Å².